The second-order valence-corrected chi connectivity index (χ2v) is 6.53. The van der Waals surface area contributed by atoms with Crippen molar-refractivity contribution in [3.05, 3.63) is 58.1 Å². The van der Waals surface area contributed by atoms with E-state index in [2.05, 4.69) is 24.1 Å². The number of carbonyl (C=O) groups excluding carboxylic acids is 1. The largest absolute Gasteiger partial charge is 0.354 e. The Kier molecular flexibility index (Phi) is 4.99. The number of hydrogen-bond donors (Lipinski definition) is 1. The average molecular weight is 341 g/mol. The van der Waals surface area contributed by atoms with Gasteiger partial charge in [-0.25, -0.2) is 4.79 Å². The molecule has 2 heterocycles. The van der Waals surface area contributed by atoms with E-state index >= 15 is 0 Å². The Morgan fingerprint density at radius 1 is 1.36 bits per heavy atom. The molecule has 25 heavy (non-hydrogen) atoms. The summed E-state index contributed by atoms with van der Waals surface area (Å²) in [6, 6.07) is 8.84. The van der Waals surface area contributed by atoms with Gasteiger partial charge in [0.05, 0.1) is 6.10 Å². The number of rotatable bonds is 4. The van der Waals surface area contributed by atoms with Gasteiger partial charge < -0.3 is 10.1 Å². The fraction of sp³-hybridized carbons (Fsp3) is 0.421. The highest BCUT2D eigenvalue weighted by molar-refractivity contribution is 6.03. The van der Waals surface area contributed by atoms with Gasteiger partial charge in [-0.05, 0) is 37.8 Å². The molecule has 0 saturated carbocycles. The Labute approximate surface area is 146 Å². The number of amides is 1. The number of ether oxygens (including phenoxy) is 1. The molecule has 0 bridgehead atoms. The summed E-state index contributed by atoms with van der Waals surface area (Å²) in [5, 5.41) is 2.71. The van der Waals surface area contributed by atoms with Crippen LogP contribution >= 0.6 is 0 Å². The van der Waals surface area contributed by atoms with E-state index in [-0.39, 0.29) is 24.1 Å². The Bertz CT molecular complexity index is 816. The monoisotopic (exact) mass is 341 g/mol. The molecule has 1 aromatic carbocycles. The van der Waals surface area contributed by atoms with Gasteiger partial charge in [-0.2, -0.15) is 4.98 Å². The number of aryl methyl sites for hydroxylation is 1. The first-order valence-electron chi connectivity index (χ1n) is 8.61. The minimum atomic E-state index is -0.414. The van der Waals surface area contributed by atoms with Crippen molar-refractivity contribution < 1.29 is 9.53 Å². The van der Waals surface area contributed by atoms with E-state index in [0.717, 1.165) is 18.4 Å². The van der Waals surface area contributed by atoms with Crippen molar-refractivity contribution in [2.24, 2.45) is 5.92 Å². The molecule has 6 nitrogen and oxygen atoms in total. The Balaban J connectivity index is 1.81. The van der Waals surface area contributed by atoms with Crippen LogP contribution in [0.1, 0.15) is 48.8 Å². The van der Waals surface area contributed by atoms with Gasteiger partial charge in [-0.15, -0.1) is 0 Å². The molecule has 0 unspecified atom stereocenters. The molecular formula is C19H23N3O3. The van der Waals surface area contributed by atoms with Crippen LogP contribution in [-0.4, -0.2) is 21.6 Å². The van der Waals surface area contributed by atoms with E-state index in [1.54, 1.807) is 30.5 Å². The molecule has 1 aliphatic heterocycles. The van der Waals surface area contributed by atoms with Crippen molar-refractivity contribution in [2.45, 2.75) is 45.9 Å². The number of carbonyl (C=O) groups is 1. The quantitative estimate of drug-likeness (QED) is 0.927. The molecule has 1 amide bonds. The van der Waals surface area contributed by atoms with Gasteiger partial charge in [0.1, 0.15) is 12.0 Å². The second-order valence-electron chi connectivity index (χ2n) is 6.53. The third kappa shape index (κ3) is 3.64. The standard InChI is InChI=1S/C19H23N3O3/c1-4-15-12(2)10-16(25-15)22-11-13(3)17(21-19(22)24)20-18(23)14-8-6-5-7-9-14/h5-9,11-12,15-16H,4,10H2,1-3H3,(H,20,21,23,24)/t12-,15-,16-/m1/s1. The van der Waals surface area contributed by atoms with Crippen LogP contribution in [0.25, 0.3) is 0 Å². The molecule has 1 saturated heterocycles. The van der Waals surface area contributed by atoms with E-state index in [1.807, 2.05) is 13.0 Å². The summed E-state index contributed by atoms with van der Waals surface area (Å²) in [6.07, 6.45) is 3.29. The molecule has 0 aliphatic carbocycles. The smallest absolute Gasteiger partial charge is 0.351 e. The highest BCUT2D eigenvalue weighted by atomic mass is 16.5. The average Bonchev–Trinajstić information content (AvgIpc) is 2.99. The van der Waals surface area contributed by atoms with Crippen LogP contribution in [0.5, 0.6) is 0 Å². The fourth-order valence-corrected chi connectivity index (χ4v) is 3.21. The Morgan fingerprint density at radius 2 is 2.08 bits per heavy atom. The molecule has 6 heteroatoms. The van der Waals surface area contributed by atoms with Crippen LogP contribution < -0.4 is 11.0 Å². The summed E-state index contributed by atoms with van der Waals surface area (Å²) in [5.74, 6) is 0.401. The summed E-state index contributed by atoms with van der Waals surface area (Å²) >= 11 is 0. The third-order valence-electron chi connectivity index (χ3n) is 4.66. The Morgan fingerprint density at radius 3 is 2.72 bits per heavy atom. The predicted octanol–water partition coefficient (Wildman–Crippen LogP) is 3.14. The molecule has 0 spiro atoms. The maximum absolute atomic E-state index is 12.4. The molecule has 132 valence electrons. The number of anilines is 1. The zero-order valence-electron chi connectivity index (χ0n) is 14.7. The second kappa shape index (κ2) is 7.19. The van der Waals surface area contributed by atoms with Crippen molar-refractivity contribution in [1.82, 2.24) is 9.55 Å². The maximum Gasteiger partial charge on any atom is 0.351 e. The lowest BCUT2D eigenvalue weighted by atomic mass is 10.0. The first-order valence-corrected chi connectivity index (χ1v) is 8.61. The first kappa shape index (κ1) is 17.4. The van der Waals surface area contributed by atoms with Gasteiger partial charge in [0.2, 0.25) is 0 Å². The number of nitrogens with one attached hydrogen (secondary N) is 1. The molecule has 3 rings (SSSR count). The van der Waals surface area contributed by atoms with Crippen LogP contribution in [0.4, 0.5) is 5.82 Å². The van der Waals surface area contributed by atoms with Crippen molar-refractivity contribution >= 4 is 11.7 Å². The first-order chi connectivity index (χ1) is 12.0. The van der Waals surface area contributed by atoms with Gasteiger partial charge in [0, 0.05) is 17.3 Å². The van der Waals surface area contributed by atoms with Crippen LogP contribution in [0.3, 0.4) is 0 Å². The zero-order valence-corrected chi connectivity index (χ0v) is 14.7. The predicted molar refractivity (Wildman–Crippen MR) is 95.6 cm³/mol. The fourth-order valence-electron chi connectivity index (χ4n) is 3.21. The van der Waals surface area contributed by atoms with Gasteiger partial charge in [0.15, 0.2) is 0 Å². The van der Waals surface area contributed by atoms with E-state index in [1.165, 1.54) is 4.57 Å². The Hall–Kier alpha value is -2.47. The summed E-state index contributed by atoms with van der Waals surface area (Å²) in [7, 11) is 0. The van der Waals surface area contributed by atoms with E-state index in [9.17, 15) is 9.59 Å². The van der Waals surface area contributed by atoms with Crippen LogP contribution in [0.15, 0.2) is 41.3 Å². The summed E-state index contributed by atoms with van der Waals surface area (Å²) in [6.45, 7) is 6.03. The van der Waals surface area contributed by atoms with E-state index in [4.69, 9.17) is 4.74 Å². The summed E-state index contributed by atoms with van der Waals surface area (Å²) < 4.78 is 7.50. The van der Waals surface area contributed by atoms with Crippen LogP contribution in [0.2, 0.25) is 0 Å². The minimum Gasteiger partial charge on any atom is -0.354 e. The van der Waals surface area contributed by atoms with Gasteiger partial charge in [-0.3, -0.25) is 9.36 Å². The van der Waals surface area contributed by atoms with E-state index in [0.29, 0.717) is 11.5 Å². The highest BCUT2D eigenvalue weighted by Crippen LogP contribution is 2.34. The van der Waals surface area contributed by atoms with Gasteiger partial charge in [0.25, 0.3) is 5.91 Å². The molecule has 1 fully saturated rings. The number of aromatic nitrogens is 2. The van der Waals surface area contributed by atoms with Crippen molar-refractivity contribution in [3.63, 3.8) is 0 Å². The molecule has 0 radical (unpaired) electrons. The number of nitrogens with zero attached hydrogens (tertiary/aromatic N) is 2. The van der Waals surface area contributed by atoms with Crippen molar-refractivity contribution in [2.75, 3.05) is 5.32 Å². The van der Waals surface area contributed by atoms with E-state index < -0.39 is 5.69 Å². The molecule has 1 aromatic heterocycles. The van der Waals surface area contributed by atoms with Gasteiger partial charge >= 0.3 is 5.69 Å². The molecule has 2 aromatic rings. The molecule has 1 aliphatic rings. The SMILES string of the molecule is CC[C@H]1O[C@@H](n2cc(C)c(NC(=O)c3ccccc3)nc2=O)C[C@H]1C. The number of benzene rings is 1. The van der Waals surface area contributed by atoms with Crippen LogP contribution in [-0.2, 0) is 4.74 Å². The van der Waals surface area contributed by atoms with Crippen molar-refractivity contribution in [3.8, 4) is 0 Å². The molecule has 1 N–H and O–H groups in total. The number of hydrogen-bond acceptors (Lipinski definition) is 4. The minimum absolute atomic E-state index is 0.162. The maximum atomic E-state index is 12.4. The lowest BCUT2D eigenvalue weighted by molar-refractivity contribution is -0.00756. The van der Waals surface area contributed by atoms with Gasteiger partial charge in [-0.1, -0.05) is 32.0 Å². The normalized spacial score (nSPS) is 22.8. The lowest BCUT2D eigenvalue weighted by Crippen LogP contribution is -2.29. The topological polar surface area (TPSA) is 73.2 Å². The molecule has 3 atom stereocenters. The third-order valence-corrected chi connectivity index (χ3v) is 4.66. The van der Waals surface area contributed by atoms with Crippen molar-refractivity contribution in [1.29, 1.82) is 0 Å². The lowest BCUT2D eigenvalue weighted by Gasteiger charge is -2.17. The molecular weight excluding hydrogens is 318 g/mol. The zero-order chi connectivity index (χ0) is 18.0. The summed E-state index contributed by atoms with van der Waals surface area (Å²) in [4.78, 5) is 28.7. The van der Waals surface area contributed by atoms with Crippen LogP contribution in [0, 0.1) is 12.8 Å². The highest BCUT2D eigenvalue weighted by Gasteiger charge is 2.32. The summed E-state index contributed by atoms with van der Waals surface area (Å²) in [5.41, 5.74) is 0.828.